The van der Waals surface area contributed by atoms with Crippen LogP contribution in [0.15, 0.2) is 40.9 Å². The first-order chi connectivity index (χ1) is 12.9. The highest BCUT2D eigenvalue weighted by atomic mass is 79.9. The number of amides is 1. The Morgan fingerprint density at radius 3 is 2.67 bits per heavy atom. The van der Waals surface area contributed by atoms with Gasteiger partial charge in [-0.15, -0.1) is 0 Å². The minimum absolute atomic E-state index is 0.244. The van der Waals surface area contributed by atoms with Gasteiger partial charge in [-0.05, 0) is 55.3 Å². The van der Waals surface area contributed by atoms with Crippen molar-refractivity contribution in [1.29, 1.82) is 0 Å². The summed E-state index contributed by atoms with van der Waals surface area (Å²) in [7, 11) is 0. The Bertz CT molecular complexity index is 1040. The molecule has 1 aliphatic heterocycles. The van der Waals surface area contributed by atoms with Crippen molar-refractivity contribution in [2.75, 3.05) is 5.32 Å². The van der Waals surface area contributed by atoms with E-state index in [0.717, 1.165) is 49.9 Å². The van der Waals surface area contributed by atoms with E-state index in [-0.39, 0.29) is 5.91 Å². The number of rotatable bonds is 3. The normalized spacial score (nSPS) is 12.9. The number of hydrogen-bond acceptors (Lipinski definition) is 3. The first kappa shape index (κ1) is 18.6. The number of carbonyl (C=O) groups excluding carboxylic acids is 1. The molecule has 0 fully saturated rings. The van der Waals surface area contributed by atoms with Crippen LogP contribution in [0.2, 0.25) is 5.02 Å². The predicted molar refractivity (Wildman–Crippen MR) is 115 cm³/mol. The lowest BCUT2D eigenvalue weighted by Crippen LogP contribution is -2.17. The minimum Gasteiger partial charge on any atom is -0.306 e. The van der Waals surface area contributed by atoms with Crippen molar-refractivity contribution in [3.8, 4) is 5.69 Å². The zero-order chi connectivity index (χ0) is 19.1. The van der Waals surface area contributed by atoms with Crippen LogP contribution in [0.5, 0.6) is 0 Å². The molecule has 27 heavy (non-hydrogen) atoms. The molecule has 4 nitrogen and oxygen atoms in total. The Balaban J connectivity index is 1.78. The standard InChI is InChI=1S/C20H17BrClN3OS/c1-11-5-12(2)7-14(6-11)25-19(16-9-27-10-18(16)24-25)23-20(26)15-8-13(21)3-4-17(15)22/h3-8H,9-10H2,1-2H3,(H,23,26). The third kappa shape index (κ3) is 3.66. The smallest absolute Gasteiger partial charge is 0.258 e. The van der Waals surface area contributed by atoms with Crippen LogP contribution < -0.4 is 5.32 Å². The molecule has 0 unspecified atom stereocenters. The fourth-order valence-corrected chi connectivity index (χ4v) is 4.85. The molecule has 3 aromatic rings. The Morgan fingerprint density at radius 2 is 1.93 bits per heavy atom. The first-order valence-corrected chi connectivity index (χ1v) is 10.8. The molecule has 0 atom stereocenters. The van der Waals surface area contributed by atoms with Crippen molar-refractivity contribution in [2.45, 2.75) is 25.4 Å². The van der Waals surface area contributed by atoms with Crippen LogP contribution in [0.25, 0.3) is 5.69 Å². The Labute approximate surface area is 175 Å². The van der Waals surface area contributed by atoms with Gasteiger partial charge in [0.2, 0.25) is 0 Å². The largest absolute Gasteiger partial charge is 0.306 e. The summed E-state index contributed by atoms with van der Waals surface area (Å²) in [4.78, 5) is 12.9. The summed E-state index contributed by atoms with van der Waals surface area (Å²) in [6.45, 7) is 4.12. The summed E-state index contributed by atoms with van der Waals surface area (Å²) in [6.07, 6.45) is 0. The molecule has 7 heteroatoms. The zero-order valence-electron chi connectivity index (χ0n) is 14.8. The highest BCUT2D eigenvalue weighted by Crippen LogP contribution is 2.36. The van der Waals surface area contributed by atoms with Gasteiger partial charge in [0.15, 0.2) is 0 Å². The monoisotopic (exact) mass is 461 g/mol. The van der Waals surface area contributed by atoms with Crippen LogP contribution in [-0.2, 0) is 11.5 Å². The number of benzene rings is 2. The van der Waals surface area contributed by atoms with Gasteiger partial charge < -0.3 is 5.32 Å². The summed E-state index contributed by atoms with van der Waals surface area (Å²) in [5.41, 5.74) is 5.79. The number of thioether (sulfide) groups is 1. The van der Waals surface area contributed by atoms with E-state index in [2.05, 4.69) is 53.3 Å². The first-order valence-electron chi connectivity index (χ1n) is 8.46. The van der Waals surface area contributed by atoms with Gasteiger partial charge in [-0.25, -0.2) is 4.68 Å². The van der Waals surface area contributed by atoms with Crippen LogP contribution in [0, 0.1) is 13.8 Å². The van der Waals surface area contributed by atoms with E-state index in [9.17, 15) is 4.79 Å². The second-order valence-corrected chi connectivity index (χ2v) is 8.91. The summed E-state index contributed by atoms with van der Waals surface area (Å²) in [5, 5.41) is 8.24. The molecule has 0 bridgehead atoms. The van der Waals surface area contributed by atoms with Crippen LogP contribution >= 0.6 is 39.3 Å². The number of fused-ring (bicyclic) bond motifs is 1. The van der Waals surface area contributed by atoms with Gasteiger partial charge in [-0.3, -0.25) is 4.79 Å². The molecule has 0 aliphatic carbocycles. The summed E-state index contributed by atoms with van der Waals surface area (Å²) in [6, 6.07) is 11.5. The van der Waals surface area contributed by atoms with E-state index in [1.807, 2.05) is 10.7 Å². The van der Waals surface area contributed by atoms with Crippen molar-refractivity contribution >= 4 is 51.0 Å². The number of halogens is 2. The molecule has 138 valence electrons. The molecule has 1 N–H and O–H groups in total. The average molecular weight is 463 g/mol. The number of anilines is 1. The molecule has 2 heterocycles. The van der Waals surface area contributed by atoms with E-state index in [1.165, 1.54) is 0 Å². The quantitative estimate of drug-likeness (QED) is 0.527. The second-order valence-electron chi connectivity index (χ2n) is 6.60. The van der Waals surface area contributed by atoms with Crippen molar-refractivity contribution in [2.24, 2.45) is 0 Å². The van der Waals surface area contributed by atoms with Gasteiger partial charge in [0.05, 0.1) is 22.0 Å². The van der Waals surface area contributed by atoms with Crippen LogP contribution in [0.1, 0.15) is 32.7 Å². The minimum atomic E-state index is -0.244. The van der Waals surface area contributed by atoms with Gasteiger partial charge in [0, 0.05) is 21.5 Å². The summed E-state index contributed by atoms with van der Waals surface area (Å²) < 4.78 is 2.65. The molecule has 1 amide bonds. The molecule has 4 rings (SSSR count). The lowest BCUT2D eigenvalue weighted by Gasteiger charge is -2.13. The number of nitrogens with zero attached hydrogens (tertiary/aromatic N) is 2. The van der Waals surface area contributed by atoms with Crippen LogP contribution in [-0.4, -0.2) is 15.7 Å². The van der Waals surface area contributed by atoms with Gasteiger partial charge in [0.1, 0.15) is 5.82 Å². The molecule has 2 aromatic carbocycles. The number of aryl methyl sites for hydroxylation is 2. The maximum absolute atomic E-state index is 12.9. The summed E-state index contributed by atoms with van der Waals surface area (Å²) in [5.74, 6) is 2.17. The third-order valence-corrected chi connectivity index (χ3v) is 6.20. The SMILES string of the molecule is Cc1cc(C)cc(-n2nc3c(c2NC(=O)c2cc(Br)ccc2Cl)CSC3)c1. The lowest BCUT2D eigenvalue weighted by atomic mass is 10.1. The molecule has 0 saturated carbocycles. The Kier molecular flexibility index (Phi) is 5.05. The molecule has 0 spiro atoms. The van der Waals surface area contributed by atoms with Crippen molar-refractivity contribution in [3.63, 3.8) is 0 Å². The average Bonchev–Trinajstić information content (AvgIpc) is 3.18. The maximum Gasteiger partial charge on any atom is 0.258 e. The second kappa shape index (κ2) is 7.34. The molecular weight excluding hydrogens is 446 g/mol. The summed E-state index contributed by atoms with van der Waals surface area (Å²) >= 11 is 11.4. The fourth-order valence-electron chi connectivity index (χ4n) is 3.25. The van der Waals surface area contributed by atoms with Crippen LogP contribution in [0.4, 0.5) is 5.82 Å². The highest BCUT2D eigenvalue weighted by molar-refractivity contribution is 9.10. The molecule has 1 aliphatic rings. The third-order valence-electron chi connectivity index (χ3n) is 4.41. The maximum atomic E-state index is 12.9. The lowest BCUT2D eigenvalue weighted by molar-refractivity contribution is 0.102. The molecular formula is C20H17BrClN3OS. The van der Waals surface area contributed by atoms with E-state index < -0.39 is 0 Å². The van der Waals surface area contributed by atoms with E-state index in [1.54, 1.807) is 23.9 Å². The topological polar surface area (TPSA) is 46.9 Å². The van der Waals surface area contributed by atoms with E-state index >= 15 is 0 Å². The number of carbonyl (C=O) groups is 1. The number of nitrogens with one attached hydrogen (secondary N) is 1. The highest BCUT2D eigenvalue weighted by Gasteiger charge is 2.25. The van der Waals surface area contributed by atoms with Crippen molar-refractivity contribution in [1.82, 2.24) is 9.78 Å². The number of aromatic nitrogens is 2. The Hall–Kier alpha value is -1.76. The predicted octanol–water partition coefficient (Wildman–Crippen LogP) is 5.90. The Morgan fingerprint density at radius 1 is 1.19 bits per heavy atom. The van der Waals surface area contributed by atoms with Crippen LogP contribution in [0.3, 0.4) is 0 Å². The van der Waals surface area contributed by atoms with E-state index in [0.29, 0.717) is 10.6 Å². The van der Waals surface area contributed by atoms with E-state index in [4.69, 9.17) is 16.7 Å². The van der Waals surface area contributed by atoms with Gasteiger partial charge in [-0.1, -0.05) is 33.6 Å². The van der Waals surface area contributed by atoms with Gasteiger partial charge in [-0.2, -0.15) is 16.9 Å². The fraction of sp³-hybridized carbons (Fsp3) is 0.200. The zero-order valence-corrected chi connectivity index (χ0v) is 18.0. The molecule has 0 saturated heterocycles. The number of hydrogen-bond donors (Lipinski definition) is 1. The van der Waals surface area contributed by atoms with Crippen molar-refractivity contribution < 1.29 is 4.79 Å². The van der Waals surface area contributed by atoms with Gasteiger partial charge >= 0.3 is 0 Å². The molecule has 0 radical (unpaired) electrons. The van der Waals surface area contributed by atoms with Crippen molar-refractivity contribution in [3.05, 3.63) is 73.8 Å². The molecule has 1 aromatic heterocycles. The van der Waals surface area contributed by atoms with Gasteiger partial charge in [0.25, 0.3) is 5.91 Å².